The number of aryl methyl sites for hydroxylation is 1. The Bertz CT molecular complexity index is 693. The van der Waals surface area contributed by atoms with Crippen LogP contribution in [0, 0.1) is 6.92 Å². The normalized spacial score (nSPS) is 10.2. The summed E-state index contributed by atoms with van der Waals surface area (Å²) < 4.78 is 10.9. The van der Waals surface area contributed by atoms with E-state index < -0.39 is 0 Å². The zero-order chi connectivity index (χ0) is 18.1. The van der Waals surface area contributed by atoms with Gasteiger partial charge in [0.25, 0.3) is 5.91 Å². The zero-order valence-electron chi connectivity index (χ0n) is 14.6. The first kappa shape index (κ1) is 18.5. The van der Waals surface area contributed by atoms with E-state index in [1.165, 1.54) is 5.56 Å². The summed E-state index contributed by atoms with van der Waals surface area (Å²) >= 11 is 0. The highest BCUT2D eigenvalue weighted by Crippen LogP contribution is 2.13. The molecule has 2 aromatic carbocycles. The summed E-state index contributed by atoms with van der Waals surface area (Å²) in [6.45, 7) is 4.55. The van der Waals surface area contributed by atoms with E-state index in [2.05, 4.69) is 5.32 Å². The number of Topliss-reactive ketones (excluding diaryl/α,β-unsaturated/α-hetero) is 1. The van der Waals surface area contributed by atoms with Gasteiger partial charge in [0.05, 0.1) is 6.54 Å². The van der Waals surface area contributed by atoms with Gasteiger partial charge < -0.3 is 14.8 Å². The van der Waals surface area contributed by atoms with Crippen molar-refractivity contribution < 1.29 is 19.1 Å². The third-order valence-corrected chi connectivity index (χ3v) is 3.58. The van der Waals surface area contributed by atoms with Gasteiger partial charge >= 0.3 is 0 Å². The summed E-state index contributed by atoms with van der Waals surface area (Å²) in [7, 11) is 0. The van der Waals surface area contributed by atoms with E-state index in [0.717, 1.165) is 5.75 Å². The minimum atomic E-state index is -0.221. The van der Waals surface area contributed by atoms with E-state index in [1.807, 2.05) is 38.1 Å². The number of benzene rings is 2. The topological polar surface area (TPSA) is 64.6 Å². The number of ketones is 1. The van der Waals surface area contributed by atoms with Crippen LogP contribution in [0.25, 0.3) is 0 Å². The Labute approximate surface area is 148 Å². The van der Waals surface area contributed by atoms with Crippen molar-refractivity contribution in [1.29, 1.82) is 0 Å². The molecular formula is C20H23NO4. The van der Waals surface area contributed by atoms with Crippen molar-refractivity contribution in [3.8, 4) is 11.5 Å². The molecule has 0 atom stereocenters. The molecule has 1 amide bonds. The third-order valence-electron chi connectivity index (χ3n) is 3.58. The highest BCUT2D eigenvalue weighted by molar-refractivity contribution is 5.95. The standard InChI is InChI=1S/C20H23NO4/c1-3-19(22)16-6-10-18(11-7-16)25-14-20(23)21-12-13-24-17-8-4-15(2)5-9-17/h4-11H,3,12-14H2,1-2H3,(H,21,23). The van der Waals surface area contributed by atoms with Gasteiger partial charge in [0.1, 0.15) is 18.1 Å². The minimum absolute atomic E-state index is 0.0778. The number of carbonyl (C=O) groups is 2. The van der Waals surface area contributed by atoms with Crippen LogP contribution < -0.4 is 14.8 Å². The van der Waals surface area contributed by atoms with Crippen LogP contribution in [-0.4, -0.2) is 31.4 Å². The Kier molecular flexibility index (Phi) is 7.01. The molecular weight excluding hydrogens is 318 g/mol. The molecule has 0 unspecified atom stereocenters. The molecule has 0 aliphatic rings. The molecule has 0 spiro atoms. The Morgan fingerprint density at radius 2 is 1.52 bits per heavy atom. The van der Waals surface area contributed by atoms with Gasteiger partial charge in [-0.25, -0.2) is 0 Å². The maximum atomic E-state index is 11.7. The molecule has 2 aromatic rings. The molecule has 0 saturated carbocycles. The monoisotopic (exact) mass is 341 g/mol. The second-order valence-corrected chi connectivity index (χ2v) is 5.60. The SMILES string of the molecule is CCC(=O)c1ccc(OCC(=O)NCCOc2ccc(C)cc2)cc1. The van der Waals surface area contributed by atoms with Gasteiger partial charge in [0.15, 0.2) is 12.4 Å². The van der Waals surface area contributed by atoms with Crippen LogP contribution in [0.5, 0.6) is 11.5 Å². The molecule has 0 fully saturated rings. The molecule has 0 radical (unpaired) electrons. The highest BCUT2D eigenvalue weighted by atomic mass is 16.5. The zero-order valence-corrected chi connectivity index (χ0v) is 14.6. The minimum Gasteiger partial charge on any atom is -0.492 e. The van der Waals surface area contributed by atoms with Crippen LogP contribution in [0.1, 0.15) is 29.3 Å². The van der Waals surface area contributed by atoms with Crippen molar-refractivity contribution in [2.75, 3.05) is 19.8 Å². The molecule has 0 aromatic heterocycles. The summed E-state index contributed by atoms with van der Waals surface area (Å²) in [5, 5.41) is 2.73. The van der Waals surface area contributed by atoms with Gasteiger partial charge in [0.2, 0.25) is 0 Å². The number of carbonyl (C=O) groups excluding carboxylic acids is 2. The van der Waals surface area contributed by atoms with Gasteiger partial charge in [-0.3, -0.25) is 9.59 Å². The number of rotatable bonds is 9. The molecule has 0 heterocycles. The van der Waals surface area contributed by atoms with Gasteiger partial charge in [-0.1, -0.05) is 24.6 Å². The number of hydrogen-bond acceptors (Lipinski definition) is 4. The first-order chi connectivity index (χ1) is 12.1. The Hall–Kier alpha value is -2.82. The van der Waals surface area contributed by atoms with E-state index in [1.54, 1.807) is 24.3 Å². The number of hydrogen-bond donors (Lipinski definition) is 1. The summed E-state index contributed by atoms with van der Waals surface area (Å²) in [6, 6.07) is 14.5. The van der Waals surface area contributed by atoms with E-state index in [9.17, 15) is 9.59 Å². The summed E-state index contributed by atoms with van der Waals surface area (Å²) in [5.74, 6) is 1.19. The predicted octanol–water partition coefficient (Wildman–Crippen LogP) is 3.16. The van der Waals surface area contributed by atoms with Crippen molar-refractivity contribution >= 4 is 11.7 Å². The van der Waals surface area contributed by atoms with Crippen molar-refractivity contribution in [1.82, 2.24) is 5.32 Å². The average Bonchev–Trinajstić information content (AvgIpc) is 2.64. The van der Waals surface area contributed by atoms with Crippen molar-refractivity contribution in [2.45, 2.75) is 20.3 Å². The van der Waals surface area contributed by atoms with Gasteiger partial charge in [-0.15, -0.1) is 0 Å². The van der Waals surface area contributed by atoms with Crippen LogP contribution in [0.3, 0.4) is 0 Å². The first-order valence-corrected chi connectivity index (χ1v) is 8.30. The molecule has 5 nitrogen and oxygen atoms in total. The van der Waals surface area contributed by atoms with E-state index in [0.29, 0.717) is 30.9 Å². The number of nitrogens with one attached hydrogen (secondary N) is 1. The lowest BCUT2D eigenvalue weighted by molar-refractivity contribution is -0.123. The maximum Gasteiger partial charge on any atom is 0.258 e. The fourth-order valence-electron chi connectivity index (χ4n) is 2.13. The largest absolute Gasteiger partial charge is 0.492 e. The number of amides is 1. The fourth-order valence-corrected chi connectivity index (χ4v) is 2.13. The molecule has 0 aliphatic heterocycles. The van der Waals surface area contributed by atoms with Crippen LogP contribution in [0.4, 0.5) is 0 Å². The Morgan fingerprint density at radius 3 is 2.16 bits per heavy atom. The second-order valence-electron chi connectivity index (χ2n) is 5.60. The molecule has 2 rings (SSSR count). The molecule has 1 N–H and O–H groups in total. The first-order valence-electron chi connectivity index (χ1n) is 8.30. The lowest BCUT2D eigenvalue weighted by atomic mass is 10.1. The Balaban J connectivity index is 1.65. The maximum absolute atomic E-state index is 11.7. The molecule has 0 saturated heterocycles. The Morgan fingerprint density at radius 1 is 0.920 bits per heavy atom. The van der Waals surface area contributed by atoms with Crippen LogP contribution in [0.15, 0.2) is 48.5 Å². The van der Waals surface area contributed by atoms with Crippen LogP contribution >= 0.6 is 0 Å². The fraction of sp³-hybridized carbons (Fsp3) is 0.300. The van der Waals surface area contributed by atoms with Crippen LogP contribution in [-0.2, 0) is 4.79 Å². The predicted molar refractivity (Wildman–Crippen MR) is 96.2 cm³/mol. The van der Waals surface area contributed by atoms with E-state index in [4.69, 9.17) is 9.47 Å². The average molecular weight is 341 g/mol. The molecule has 0 bridgehead atoms. The van der Waals surface area contributed by atoms with Crippen molar-refractivity contribution in [3.63, 3.8) is 0 Å². The summed E-state index contributed by atoms with van der Waals surface area (Å²) in [5.41, 5.74) is 1.82. The van der Waals surface area contributed by atoms with E-state index >= 15 is 0 Å². The summed E-state index contributed by atoms with van der Waals surface area (Å²) in [6.07, 6.45) is 0.466. The third kappa shape index (κ3) is 6.30. The van der Waals surface area contributed by atoms with Gasteiger partial charge in [0, 0.05) is 12.0 Å². The lowest BCUT2D eigenvalue weighted by Crippen LogP contribution is -2.32. The van der Waals surface area contributed by atoms with E-state index in [-0.39, 0.29) is 18.3 Å². The lowest BCUT2D eigenvalue weighted by Gasteiger charge is -2.09. The van der Waals surface area contributed by atoms with Gasteiger partial charge in [-0.05, 0) is 43.3 Å². The van der Waals surface area contributed by atoms with Crippen LogP contribution in [0.2, 0.25) is 0 Å². The van der Waals surface area contributed by atoms with Crippen molar-refractivity contribution in [3.05, 3.63) is 59.7 Å². The van der Waals surface area contributed by atoms with Gasteiger partial charge in [-0.2, -0.15) is 0 Å². The molecule has 25 heavy (non-hydrogen) atoms. The smallest absolute Gasteiger partial charge is 0.258 e. The van der Waals surface area contributed by atoms with Crippen molar-refractivity contribution in [2.24, 2.45) is 0 Å². The summed E-state index contributed by atoms with van der Waals surface area (Å²) in [4.78, 5) is 23.3. The highest BCUT2D eigenvalue weighted by Gasteiger charge is 2.05. The number of ether oxygens (including phenoxy) is 2. The quantitative estimate of drug-likeness (QED) is 0.562. The molecule has 5 heteroatoms. The molecule has 0 aliphatic carbocycles. The molecule has 132 valence electrons. The second kappa shape index (κ2) is 9.47.